The number of hydrogen-bond donors (Lipinski definition) is 0. The fraction of sp³-hybridized carbons (Fsp3) is 0.333. The van der Waals surface area contributed by atoms with E-state index < -0.39 is 29.1 Å². The monoisotopic (exact) mass is 344 g/mol. The lowest BCUT2D eigenvalue weighted by molar-refractivity contribution is -0.348. The molecule has 1 heterocycles. The van der Waals surface area contributed by atoms with Gasteiger partial charge >= 0.3 is 18.0 Å². The van der Waals surface area contributed by atoms with Gasteiger partial charge < -0.3 is 0 Å². The largest absolute Gasteiger partial charge is 0.435 e. The topological polar surface area (TPSA) is 25.8 Å². The molecule has 2 rings (SSSR count). The molecule has 0 unspecified atom stereocenters. The Morgan fingerprint density at radius 3 is 2.00 bits per heavy atom. The third-order valence-electron chi connectivity index (χ3n) is 3.11. The molecule has 120 valence electrons. The lowest BCUT2D eigenvalue weighted by atomic mass is 9.88. The Labute approximate surface area is 123 Å². The van der Waals surface area contributed by atoms with E-state index in [0.29, 0.717) is 6.07 Å². The van der Waals surface area contributed by atoms with Crippen LogP contribution in [0.5, 0.6) is 0 Å². The molecule has 0 aliphatic rings. The number of benzene rings is 1. The van der Waals surface area contributed by atoms with Gasteiger partial charge in [0, 0.05) is 5.56 Å². The quantitative estimate of drug-likeness (QED) is 0.731. The maximum absolute atomic E-state index is 14.1. The molecule has 2 nitrogen and oxygen atoms in total. The summed E-state index contributed by atoms with van der Waals surface area (Å²) in [6.45, 7) is 0.996. The highest BCUT2D eigenvalue weighted by Crippen LogP contribution is 2.54. The van der Waals surface area contributed by atoms with Crippen LogP contribution in [0.15, 0.2) is 24.4 Å². The summed E-state index contributed by atoms with van der Waals surface area (Å²) in [4.78, 5) is 0.242. The first-order chi connectivity index (χ1) is 10.00. The van der Waals surface area contributed by atoms with Gasteiger partial charge in [-0.15, -0.1) is 5.10 Å². The van der Waals surface area contributed by atoms with Gasteiger partial charge in [-0.1, -0.05) is 22.7 Å². The van der Waals surface area contributed by atoms with Crippen molar-refractivity contribution in [1.82, 2.24) is 9.59 Å². The first kappa shape index (κ1) is 16.7. The molecular formula is C12H7F7N2S. The minimum Gasteiger partial charge on any atom is -0.218 e. The molecule has 0 fully saturated rings. The molecule has 0 saturated heterocycles. The number of hydrogen-bond acceptors (Lipinski definition) is 3. The summed E-state index contributed by atoms with van der Waals surface area (Å²) < 4.78 is 94.6. The summed E-state index contributed by atoms with van der Waals surface area (Å²) in [5, 5.41) is 3.46. The Bertz CT molecular complexity index is 647. The van der Waals surface area contributed by atoms with Gasteiger partial charge in [0.15, 0.2) is 0 Å². The minimum atomic E-state index is -6.14. The van der Waals surface area contributed by atoms with Gasteiger partial charge in [0.1, 0.15) is 0 Å². The van der Waals surface area contributed by atoms with Gasteiger partial charge in [0.25, 0.3) is 0 Å². The van der Waals surface area contributed by atoms with E-state index in [1.54, 1.807) is 0 Å². The zero-order valence-corrected chi connectivity index (χ0v) is 11.6. The summed E-state index contributed by atoms with van der Waals surface area (Å²) >= 11 is 0.778. The normalized spacial score (nSPS) is 13.5. The standard InChI is InChI=1S/C12H7F7N2S/c1-6-7(9-5-20-21-22-9)3-2-4-8(6)10(13,11(14,15)16)12(17,18)19/h2-5H,1H3. The van der Waals surface area contributed by atoms with Crippen LogP contribution in [0.1, 0.15) is 11.1 Å². The van der Waals surface area contributed by atoms with Crippen LogP contribution in [-0.2, 0) is 5.67 Å². The van der Waals surface area contributed by atoms with Crippen molar-refractivity contribution < 1.29 is 30.7 Å². The zero-order valence-electron chi connectivity index (χ0n) is 10.8. The van der Waals surface area contributed by atoms with Crippen LogP contribution < -0.4 is 0 Å². The fourth-order valence-electron chi connectivity index (χ4n) is 2.03. The lowest BCUT2D eigenvalue weighted by Gasteiger charge is -2.31. The Balaban J connectivity index is 2.73. The third kappa shape index (κ3) is 2.44. The smallest absolute Gasteiger partial charge is 0.218 e. The summed E-state index contributed by atoms with van der Waals surface area (Å²) in [6, 6.07) is 2.69. The molecule has 0 saturated carbocycles. The second-order valence-electron chi connectivity index (χ2n) is 4.41. The second-order valence-corrected chi connectivity index (χ2v) is 5.20. The van der Waals surface area contributed by atoms with E-state index in [0.717, 1.165) is 24.5 Å². The van der Waals surface area contributed by atoms with Crippen molar-refractivity contribution in [1.29, 1.82) is 0 Å². The van der Waals surface area contributed by atoms with E-state index >= 15 is 0 Å². The first-order valence-corrected chi connectivity index (χ1v) is 6.47. The molecule has 0 amide bonds. The van der Waals surface area contributed by atoms with E-state index in [2.05, 4.69) is 9.59 Å². The maximum atomic E-state index is 14.1. The molecule has 10 heteroatoms. The van der Waals surface area contributed by atoms with E-state index in [1.165, 1.54) is 12.3 Å². The Morgan fingerprint density at radius 2 is 1.55 bits per heavy atom. The minimum absolute atomic E-state index is 0.0167. The molecule has 0 N–H and O–H groups in total. The Morgan fingerprint density at radius 1 is 0.955 bits per heavy atom. The first-order valence-electron chi connectivity index (χ1n) is 5.70. The van der Waals surface area contributed by atoms with Gasteiger partial charge in [-0.25, -0.2) is 4.39 Å². The highest BCUT2D eigenvalue weighted by molar-refractivity contribution is 7.09. The molecule has 0 aliphatic carbocycles. The number of aromatic nitrogens is 2. The van der Waals surface area contributed by atoms with Gasteiger partial charge in [-0.3, -0.25) is 0 Å². The molecule has 0 atom stereocenters. The van der Waals surface area contributed by atoms with Crippen LogP contribution >= 0.6 is 11.5 Å². The maximum Gasteiger partial charge on any atom is 0.435 e. The van der Waals surface area contributed by atoms with E-state index in [9.17, 15) is 30.7 Å². The molecule has 2 aromatic rings. The van der Waals surface area contributed by atoms with Gasteiger partial charge in [-0.05, 0) is 29.6 Å². The summed E-state index contributed by atoms with van der Waals surface area (Å²) in [5.74, 6) is 0. The Hall–Kier alpha value is -1.71. The summed E-state index contributed by atoms with van der Waals surface area (Å²) in [6.07, 6.45) is -11.1. The van der Waals surface area contributed by atoms with Crippen molar-refractivity contribution in [3.05, 3.63) is 35.5 Å². The van der Waals surface area contributed by atoms with Gasteiger partial charge in [0.2, 0.25) is 0 Å². The van der Waals surface area contributed by atoms with E-state index in [1.807, 2.05) is 0 Å². The molecule has 1 aromatic heterocycles. The predicted octanol–water partition coefficient (Wildman–Crippen LogP) is 4.80. The van der Waals surface area contributed by atoms with Gasteiger partial charge in [0.05, 0.1) is 11.1 Å². The molecule has 0 spiro atoms. The predicted molar refractivity (Wildman–Crippen MR) is 65.0 cm³/mol. The van der Waals surface area contributed by atoms with Crippen LogP contribution in [0.2, 0.25) is 0 Å². The number of rotatable bonds is 2. The lowest BCUT2D eigenvalue weighted by Crippen LogP contribution is -2.50. The molecule has 22 heavy (non-hydrogen) atoms. The third-order valence-corrected chi connectivity index (χ3v) is 3.81. The van der Waals surface area contributed by atoms with Crippen molar-refractivity contribution in [2.45, 2.75) is 24.9 Å². The molecule has 0 bridgehead atoms. The Kier molecular flexibility index (Phi) is 3.92. The van der Waals surface area contributed by atoms with Crippen LogP contribution in [0, 0.1) is 6.92 Å². The number of alkyl halides is 7. The fourth-order valence-corrected chi connectivity index (χ4v) is 2.62. The average Bonchev–Trinajstić information content (AvgIpc) is 2.89. The van der Waals surface area contributed by atoms with Gasteiger partial charge in [-0.2, -0.15) is 26.3 Å². The molecule has 1 aromatic carbocycles. The van der Waals surface area contributed by atoms with E-state index in [4.69, 9.17) is 0 Å². The number of halogens is 7. The SMILES string of the molecule is Cc1c(-c2cnns2)cccc1C(F)(C(F)(F)F)C(F)(F)F. The van der Waals surface area contributed by atoms with Crippen LogP contribution in [-0.4, -0.2) is 21.9 Å². The molecule has 0 radical (unpaired) electrons. The van der Waals surface area contributed by atoms with Crippen LogP contribution in [0.4, 0.5) is 30.7 Å². The van der Waals surface area contributed by atoms with Crippen LogP contribution in [0.3, 0.4) is 0 Å². The van der Waals surface area contributed by atoms with Crippen molar-refractivity contribution in [2.75, 3.05) is 0 Å². The van der Waals surface area contributed by atoms with Crippen molar-refractivity contribution in [2.24, 2.45) is 0 Å². The van der Waals surface area contributed by atoms with Crippen molar-refractivity contribution >= 4 is 11.5 Å². The van der Waals surface area contributed by atoms with Crippen molar-refractivity contribution in [3.63, 3.8) is 0 Å². The summed E-state index contributed by atoms with van der Waals surface area (Å²) in [7, 11) is 0. The number of nitrogens with zero attached hydrogens (tertiary/aromatic N) is 2. The zero-order chi connectivity index (χ0) is 16.8. The molecule has 0 aliphatic heterocycles. The highest BCUT2D eigenvalue weighted by atomic mass is 32.1. The average molecular weight is 344 g/mol. The van der Waals surface area contributed by atoms with Crippen LogP contribution in [0.25, 0.3) is 10.4 Å². The highest BCUT2D eigenvalue weighted by Gasteiger charge is 2.73. The molecular weight excluding hydrogens is 337 g/mol. The van der Waals surface area contributed by atoms with E-state index in [-0.39, 0.29) is 10.4 Å². The second kappa shape index (κ2) is 5.18. The van der Waals surface area contributed by atoms with Crippen molar-refractivity contribution in [3.8, 4) is 10.4 Å². The summed E-state index contributed by atoms with van der Waals surface area (Å²) in [5.41, 5.74) is -7.38.